The number of unbranched alkanes of at least 4 members (excludes halogenated alkanes) is 2. The van der Waals surface area contributed by atoms with Crippen LogP contribution in [0, 0.1) is 29.5 Å². The van der Waals surface area contributed by atoms with Gasteiger partial charge in [-0.15, -0.1) is 0 Å². The van der Waals surface area contributed by atoms with Gasteiger partial charge in [-0.2, -0.15) is 26.9 Å². The van der Waals surface area contributed by atoms with Gasteiger partial charge in [0.25, 0.3) is 47.8 Å². The van der Waals surface area contributed by atoms with Crippen LogP contribution in [0.5, 0.6) is 11.6 Å². The predicted octanol–water partition coefficient (Wildman–Crippen LogP) is 13.2. The lowest BCUT2D eigenvalue weighted by Gasteiger charge is -2.39. The van der Waals surface area contributed by atoms with Crippen LogP contribution in [-0.4, -0.2) is 122 Å². The Kier molecular flexibility index (Phi) is 25.9. The number of anilines is 4. The van der Waals surface area contributed by atoms with Crippen LogP contribution in [-0.2, 0) is 49.5 Å². The van der Waals surface area contributed by atoms with Gasteiger partial charge in [0.05, 0.1) is 39.6 Å². The highest BCUT2D eigenvalue weighted by molar-refractivity contribution is 7.90. The molecule has 5 N–H and O–H groups in total. The summed E-state index contributed by atoms with van der Waals surface area (Å²) in [4.78, 5) is 67.4. The van der Waals surface area contributed by atoms with E-state index in [0.717, 1.165) is 62.9 Å². The number of pyridine rings is 5. The van der Waals surface area contributed by atoms with E-state index in [0.29, 0.717) is 84.0 Å². The number of nitrogens with two attached hydrogens (primary N) is 1. The minimum absolute atomic E-state index is 0.103. The molecule has 3 amide bonds. The second kappa shape index (κ2) is 35.5. The number of aromatic nitrogens is 7. The van der Waals surface area contributed by atoms with E-state index in [4.69, 9.17) is 15.2 Å². The number of amides is 3. The largest absolute Gasteiger partial charge is 0.493 e. The minimum atomic E-state index is -4.27. The van der Waals surface area contributed by atoms with E-state index in [-0.39, 0.29) is 66.8 Å². The number of halogens is 1. The van der Waals surface area contributed by atoms with Gasteiger partial charge in [0.15, 0.2) is 10.1 Å². The summed E-state index contributed by atoms with van der Waals surface area (Å²) in [6, 6.07) is 48.7. The van der Waals surface area contributed by atoms with Crippen molar-refractivity contribution in [2.75, 3.05) is 53.2 Å². The van der Waals surface area contributed by atoms with Crippen molar-refractivity contribution in [1.29, 1.82) is 0 Å². The summed E-state index contributed by atoms with van der Waals surface area (Å²) < 4.78 is 112. The van der Waals surface area contributed by atoms with Gasteiger partial charge in [0.1, 0.15) is 35.6 Å². The number of carbonyl (C=O) groups excluding carboxylic acids is 3. The molecule has 588 valence electrons. The van der Waals surface area contributed by atoms with E-state index in [2.05, 4.69) is 115 Å². The van der Waals surface area contributed by atoms with E-state index in [9.17, 15) is 44.0 Å². The fourth-order valence-corrected chi connectivity index (χ4v) is 16.9. The highest BCUT2D eigenvalue weighted by atomic mass is 32.2. The van der Waals surface area contributed by atoms with Crippen molar-refractivity contribution in [2.24, 2.45) is 23.7 Å². The summed E-state index contributed by atoms with van der Waals surface area (Å²) in [6.07, 6.45) is 13.4. The summed E-state index contributed by atoms with van der Waals surface area (Å²) in [5.41, 5.74) is 10.8. The second-order valence-electron chi connectivity index (χ2n) is 30.3. The number of nitrogen functional groups attached to an aromatic ring is 1. The van der Waals surface area contributed by atoms with Crippen LogP contribution < -0.4 is 44.1 Å². The molecule has 2 atom stereocenters. The third kappa shape index (κ3) is 21.1. The first-order chi connectivity index (χ1) is 53.3. The normalized spacial score (nSPS) is 15.9. The first-order valence-corrected chi connectivity index (χ1v) is 41.7. The van der Waals surface area contributed by atoms with Gasteiger partial charge in [-0.1, -0.05) is 102 Å². The van der Waals surface area contributed by atoms with E-state index in [1.807, 2.05) is 79.5 Å². The smallest absolute Gasteiger partial charge is 0.281 e. The van der Waals surface area contributed by atoms with Crippen LogP contribution in [0.2, 0.25) is 0 Å². The van der Waals surface area contributed by atoms with Gasteiger partial charge in [0.2, 0.25) is 5.88 Å². The number of hydrogen-bond acceptors (Lipinski definition) is 21. The lowest BCUT2D eigenvalue weighted by Crippen LogP contribution is -2.46. The molecule has 3 fully saturated rings. The molecule has 25 nitrogen and oxygen atoms in total. The highest BCUT2D eigenvalue weighted by Gasteiger charge is 2.41. The molecular formula is C83H95FN14O11S3. The molecule has 0 spiro atoms. The van der Waals surface area contributed by atoms with Crippen molar-refractivity contribution in [1.82, 2.24) is 48.9 Å². The first-order valence-electron chi connectivity index (χ1n) is 37.2. The molecule has 3 aliphatic rings. The quantitative estimate of drug-likeness (QED) is 0.0289. The number of aryl methyl sites for hydroxylation is 2. The van der Waals surface area contributed by atoms with Crippen molar-refractivity contribution < 1.29 is 53.5 Å². The van der Waals surface area contributed by atoms with Crippen molar-refractivity contribution in [3.8, 4) is 28.6 Å². The van der Waals surface area contributed by atoms with Crippen LogP contribution in [0.3, 0.4) is 0 Å². The Labute approximate surface area is 654 Å². The van der Waals surface area contributed by atoms with Gasteiger partial charge in [0, 0.05) is 91.1 Å². The van der Waals surface area contributed by atoms with Crippen LogP contribution >= 0.6 is 0 Å². The fraction of sp³-hybridized carbons (Fsp3) is 0.337. The lowest BCUT2D eigenvalue weighted by molar-refractivity contribution is 0.0972. The molecule has 13 rings (SSSR count). The minimum Gasteiger partial charge on any atom is -0.493 e. The molecule has 9 heterocycles. The summed E-state index contributed by atoms with van der Waals surface area (Å²) in [5, 5.41) is 3.73. The average Bonchev–Trinajstić information content (AvgIpc) is 1.56. The number of benzene rings is 4. The summed E-state index contributed by atoms with van der Waals surface area (Å²) in [5.74, 6) is 0.586. The van der Waals surface area contributed by atoms with Crippen molar-refractivity contribution in [2.45, 2.75) is 140 Å². The summed E-state index contributed by atoms with van der Waals surface area (Å²) in [7, 11) is -12.6. The van der Waals surface area contributed by atoms with E-state index < -0.39 is 53.6 Å². The number of ether oxygens (including phenoxy) is 2. The predicted molar refractivity (Wildman–Crippen MR) is 429 cm³/mol. The Morgan fingerprint density at radius 2 is 1.12 bits per heavy atom. The van der Waals surface area contributed by atoms with Crippen LogP contribution in [0.1, 0.15) is 142 Å². The van der Waals surface area contributed by atoms with Crippen molar-refractivity contribution in [3.05, 3.63) is 240 Å². The topological polar surface area (TPSA) is 326 Å². The Balaban J connectivity index is 0.000000166. The monoisotopic (exact) mass is 1580 g/mol. The molecule has 4 aromatic carbocycles. The summed E-state index contributed by atoms with van der Waals surface area (Å²) >= 11 is 0. The second-order valence-corrected chi connectivity index (χ2v) is 35.2. The third-order valence-electron chi connectivity index (χ3n) is 19.2. The molecule has 6 aromatic heterocycles. The molecule has 3 aliphatic heterocycles. The zero-order chi connectivity index (χ0) is 80.1. The maximum Gasteiger partial charge on any atom is 0.281 e. The van der Waals surface area contributed by atoms with Crippen LogP contribution in [0.4, 0.5) is 27.5 Å². The number of rotatable bonds is 26. The molecule has 2 unspecified atom stereocenters. The molecule has 0 aliphatic carbocycles. The fourth-order valence-electron chi connectivity index (χ4n) is 14.0. The molecule has 0 saturated carbocycles. The number of nitrogens with zero attached hydrogens (tertiary/aromatic N) is 10. The standard InChI is InChI=1S/C29H36N4O3S.C28H30N6O4S.C26H29FN4O4S/c1-22-20-29(2,3)33(21-22)27-25(17-11-19-30-27)28(34)32-37(35,36)26-18-10-16-24(31-26)15-9-5-8-14-23-12-6-4-7-13-23;1-20-17-28(2,3)33(18-20)26-23(7-5-14-29-26)27(35)32-39(36,37)25-9-4-8-24(31-25)38-19-21-10-12-22(13-11-21)34-16-6-15-30-34;1-16(2)15-35-21-10-18(9-19(27)11-21)24-8-7-23(25(29-24)31-13-17(3)14-31)26(32)30-36(33,34)22-6-4-5-20(28)12-22/h4,6-7,10-13,16-19,22H,5,8-9,14-15,20-21H2,1-3H3,(H,32,34);4-16,20H,17-19H2,1-3H3,(H,32,35);4-12,16-17H,13-15,28H2,1-3H3,(H,30,32). The maximum absolute atomic E-state index is 14.4. The molecule has 3 saturated heterocycles. The number of sulfonamides is 3. The van der Waals surface area contributed by atoms with E-state index in [1.165, 1.54) is 60.2 Å². The molecule has 10 aromatic rings. The molecule has 29 heteroatoms. The lowest BCUT2D eigenvalue weighted by atomic mass is 9.97. The Bertz CT molecular complexity index is 5330. The van der Waals surface area contributed by atoms with Gasteiger partial charge < -0.3 is 29.9 Å². The number of carbonyl (C=O) groups is 3. The maximum atomic E-state index is 14.4. The molecule has 0 bridgehead atoms. The number of nitrogens with one attached hydrogen (secondary N) is 3. The summed E-state index contributed by atoms with van der Waals surface area (Å²) in [6.45, 7) is 22.2. The number of hydrogen-bond donors (Lipinski definition) is 4. The van der Waals surface area contributed by atoms with Crippen molar-refractivity contribution >= 4 is 70.9 Å². The Hall–Kier alpha value is -11.2. The third-order valence-corrected chi connectivity index (χ3v) is 23.0. The van der Waals surface area contributed by atoms with E-state index in [1.54, 1.807) is 77.9 Å². The van der Waals surface area contributed by atoms with Gasteiger partial charge in [-0.25, -0.2) is 51.6 Å². The highest BCUT2D eigenvalue weighted by Crippen LogP contribution is 2.39. The van der Waals surface area contributed by atoms with Crippen LogP contribution in [0.25, 0.3) is 16.9 Å². The van der Waals surface area contributed by atoms with Crippen molar-refractivity contribution in [3.63, 3.8) is 0 Å². The zero-order valence-electron chi connectivity index (χ0n) is 64.2. The SMILES string of the molecule is CC(C)COc1cc(F)cc(-c2ccc(C(=O)NS(=O)(=O)c3cccc(N)c3)c(N3CC(C)C3)n2)c1.CC1CN(c2ncccc2C(=O)NS(=O)(=O)c2cccc(CCCCCc3ccccc3)n2)C(C)(C)C1.CC1CN(c2ncccc2C(=O)NS(=O)(=O)c2cccc(OCc3ccc(-n4cccn4)cc3)n2)C(C)(C)C1. The molecule has 0 radical (unpaired) electrons. The van der Waals surface area contributed by atoms with E-state index >= 15 is 0 Å². The first kappa shape index (κ1) is 81.8. The van der Waals surface area contributed by atoms with Gasteiger partial charge in [-0.3, -0.25) is 14.4 Å². The Morgan fingerprint density at radius 1 is 0.545 bits per heavy atom. The van der Waals surface area contributed by atoms with Gasteiger partial charge in [-0.05, 0) is 204 Å². The van der Waals surface area contributed by atoms with Gasteiger partial charge >= 0.3 is 0 Å². The average molecular weight is 1580 g/mol. The molecule has 112 heavy (non-hydrogen) atoms. The zero-order valence-corrected chi connectivity index (χ0v) is 66.6. The van der Waals surface area contributed by atoms with Crippen LogP contribution in [0.15, 0.2) is 216 Å². The Morgan fingerprint density at radius 3 is 1.70 bits per heavy atom. The molecular weight excluding hydrogens is 1480 g/mol.